The standard InChI is InChI=1S/C26H33N9O3.C2HF3O2/c1-2-35-23-19(37-13-7-12-27)15-29-20(21(23)32-25(35)22-24(28)34-38-33-22)16-8-6-11-18(14-16)31-26(36)30-17-9-4-3-5-10-17;3-2(4,5)1(6)7/h6,8,11,14-15,17H,2-5,7,9-10,12-13,27H2,1H3,(H2,28,34)(H2,30,31,36);(H,6,7). The molecule has 0 atom stereocenters. The highest BCUT2D eigenvalue weighted by Gasteiger charge is 2.38. The topological polar surface area (TPSA) is 209 Å². The number of carbonyl (C=O) groups excluding carboxylic acids is 1. The summed E-state index contributed by atoms with van der Waals surface area (Å²) in [6.07, 6.45) is 2.87. The number of ether oxygens (including phenoxy) is 1. The zero-order valence-electron chi connectivity index (χ0n) is 24.4. The Morgan fingerprint density at radius 2 is 1.91 bits per heavy atom. The van der Waals surface area contributed by atoms with Crippen LogP contribution in [0, 0.1) is 0 Å². The van der Waals surface area contributed by atoms with Crippen LogP contribution in [-0.4, -0.2) is 67.3 Å². The molecule has 1 fully saturated rings. The van der Waals surface area contributed by atoms with E-state index in [2.05, 4.69) is 20.9 Å². The molecule has 17 heteroatoms. The molecule has 0 spiro atoms. The zero-order valence-corrected chi connectivity index (χ0v) is 24.4. The number of aliphatic carboxylic acids is 1. The Balaban J connectivity index is 0.000000591. The largest absolute Gasteiger partial charge is 0.490 e. The first-order valence-corrected chi connectivity index (χ1v) is 14.3. The number of nitrogens with one attached hydrogen (secondary N) is 2. The highest BCUT2D eigenvalue weighted by atomic mass is 19.4. The summed E-state index contributed by atoms with van der Waals surface area (Å²) in [5.41, 5.74) is 15.5. The van der Waals surface area contributed by atoms with Gasteiger partial charge in [0.05, 0.1) is 18.5 Å². The number of nitrogens with zero attached hydrogens (tertiary/aromatic N) is 5. The van der Waals surface area contributed by atoms with E-state index >= 15 is 0 Å². The maximum atomic E-state index is 12.6. The minimum Gasteiger partial charge on any atom is -0.490 e. The molecule has 7 N–H and O–H groups in total. The lowest BCUT2D eigenvalue weighted by Crippen LogP contribution is -2.39. The molecule has 45 heavy (non-hydrogen) atoms. The van der Waals surface area contributed by atoms with E-state index in [1.807, 2.05) is 35.8 Å². The van der Waals surface area contributed by atoms with E-state index in [4.69, 9.17) is 40.7 Å². The van der Waals surface area contributed by atoms with E-state index in [0.29, 0.717) is 60.3 Å². The predicted octanol–water partition coefficient (Wildman–Crippen LogP) is 4.57. The molecule has 0 bridgehead atoms. The third-order valence-corrected chi connectivity index (χ3v) is 6.96. The normalized spacial score (nSPS) is 13.6. The number of amides is 2. The number of hydrogen-bond acceptors (Lipinski definition) is 10. The lowest BCUT2D eigenvalue weighted by Gasteiger charge is -2.22. The minimum absolute atomic E-state index is 0.144. The highest BCUT2D eigenvalue weighted by molar-refractivity contribution is 5.97. The molecule has 1 aliphatic rings. The number of anilines is 2. The van der Waals surface area contributed by atoms with Gasteiger partial charge in [0, 0.05) is 23.8 Å². The van der Waals surface area contributed by atoms with Crippen molar-refractivity contribution in [1.82, 2.24) is 30.2 Å². The van der Waals surface area contributed by atoms with Crippen LogP contribution in [0.3, 0.4) is 0 Å². The van der Waals surface area contributed by atoms with Crippen LogP contribution >= 0.6 is 0 Å². The number of pyridine rings is 1. The molecule has 242 valence electrons. The smallest absolute Gasteiger partial charge is 0.490 e. The minimum atomic E-state index is -5.08. The van der Waals surface area contributed by atoms with Crippen molar-refractivity contribution in [1.29, 1.82) is 0 Å². The third kappa shape index (κ3) is 8.17. The van der Waals surface area contributed by atoms with Crippen LogP contribution in [0.1, 0.15) is 45.4 Å². The SMILES string of the molecule is CCn1c(-c2nonc2N)nc2c(-c3cccc(NC(=O)NC4CCCCC4)c3)ncc(OCCCN)c21.O=C(O)C(F)(F)F. The molecular formula is C28H34F3N9O5. The molecule has 3 aromatic heterocycles. The number of nitrogen functional groups attached to an aromatic ring is 1. The summed E-state index contributed by atoms with van der Waals surface area (Å²) in [7, 11) is 0. The van der Waals surface area contributed by atoms with Crippen LogP contribution < -0.4 is 26.8 Å². The average Bonchev–Trinajstić information content (AvgIpc) is 3.61. The van der Waals surface area contributed by atoms with Gasteiger partial charge in [-0.1, -0.05) is 31.4 Å². The number of carboxylic acid groups (broad SMARTS) is 1. The van der Waals surface area contributed by atoms with Crippen molar-refractivity contribution < 1.29 is 37.2 Å². The van der Waals surface area contributed by atoms with Gasteiger partial charge in [0.15, 0.2) is 23.1 Å². The van der Waals surface area contributed by atoms with Crippen LogP contribution in [-0.2, 0) is 11.3 Å². The van der Waals surface area contributed by atoms with Gasteiger partial charge in [-0.3, -0.25) is 0 Å². The fraction of sp³-hybridized carbons (Fsp3) is 0.429. The second-order valence-corrected chi connectivity index (χ2v) is 10.2. The van der Waals surface area contributed by atoms with E-state index in [1.54, 1.807) is 6.20 Å². The fourth-order valence-electron chi connectivity index (χ4n) is 4.88. The number of benzene rings is 1. The van der Waals surface area contributed by atoms with Crippen LogP contribution in [0.25, 0.3) is 33.8 Å². The lowest BCUT2D eigenvalue weighted by atomic mass is 9.96. The Bertz CT molecular complexity index is 1620. The van der Waals surface area contributed by atoms with Gasteiger partial charge >= 0.3 is 18.2 Å². The Kier molecular flexibility index (Phi) is 10.8. The number of rotatable bonds is 9. The second-order valence-electron chi connectivity index (χ2n) is 10.2. The first-order chi connectivity index (χ1) is 21.5. The number of urea groups is 1. The van der Waals surface area contributed by atoms with Gasteiger partial charge in [0.2, 0.25) is 0 Å². The van der Waals surface area contributed by atoms with Crippen molar-refractivity contribution in [2.24, 2.45) is 5.73 Å². The summed E-state index contributed by atoms with van der Waals surface area (Å²) in [4.78, 5) is 31.1. The molecule has 4 aromatic rings. The number of fused-ring (bicyclic) bond motifs is 1. The van der Waals surface area contributed by atoms with E-state index in [1.165, 1.54) is 6.42 Å². The van der Waals surface area contributed by atoms with Crippen molar-refractivity contribution >= 4 is 34.5 Å². The third-order valence-electron chi connectivity index (χ3n) is 6.96. The highest BCUT2D eigenvalue weighted by Crippen LogP contribution is 2.37. The molecule has 1 aliphatic carbocycles. The van der Waals surface area contributed by atoms with E-state index < -0.39 is 12.1 Å². The number of aromatic nitrogens is 5. The van der Waals surface area contributed by atoms with E-state index in [-0.39, 0.29) is 17.9 Å². The number of halogens is 3. The van der Waals surface area contributed by atoms with E-state index in [9.17, 15) is 18.0 Å². The van der Waals surface area contributed by atoms with Gasteiger partial charge in [-0.15, -0.1) is 0 Å². The Morgan fingerprint density at radius 1 is 1.18 bits per heavy atom. The Morgan fingerprint density at radius 3 is 2.53 bits per heavy atom. The van der Waals surface area contributed by atoms with Crippen molar-refractivity contribution in [3.05, 3.63) is 30.5 Å². The van der Waals surface area contributed by atoms with Crippen molar-refractivity contribution in [3.8, 4) is 28.5 Å². The fourth-order valence-corrected chi connectivity index (χ4v) is 4.88. The van der Waals surface area contributed by atoms with E-state index in [0.717, 1.165) is 36.8 Å². The summed E-state index contributed by atoms with van der Waals surface area (Å²) in [5, 5.41) is 20.9. The van der Waals surface area contributed by atoms with Crippen LogP contribution in [0.4, 0.5) is 29.5 Å². The number of carboxylic acids is 1. The molecule has 3 heterocycles. The van der Waals surface area contributed by atoms with Gasteiger partial charge in [0.25, 0.3) is 0 Å². The molecule has 1 saturated carbocycles. The number of hydrogen-bond donors (Lipinski definition) is 5. The average molecular weight is 634 g/mol. The summed E-state index contributed by atoms with van der Waals surface area (Å²) < 4.78 is 44.6. The van der Waals surface area contributed by atoms with Gasteiger partial charge in [-0.2, -0.15) is 13.2 Å². The predicted molar refractivity (Wildman–Crippen MR) is 158 cm³/mol. The molecule has 1 aromatic carbocycles. The van der Waals surface area contributed by atoms with Crippen LogP contribution in [0.5, 0.6) is 5.75 Å². The Hall–Kier alpha value is -4.93. The maximum absolute atomic E-state index is 12.6. The molecule has 0 radical (unpaired) electrons. The number of carbonyl (C=O) groups is 2. The van der Waals surface area contributed by atoms with Crippen molar-refractivity contribution in [3.63, 3.8) is 0 Å². The molecule has 0 saturated heterocycles. The first-order valence-electron chi connectivity index (χ1n) is 14.3. The van der Waals surface area contributed by atoms with Crippen LogP contribution in [0.15, 0.2) is 35.1 Å². The summed E-state index contributed by atoms with van der Waals surface area (Å²) in [5.74, 6) is -1.54. The molecule has 2 amide bonds. The number of alkyl halides is 3. The molecule has 0 aliphatic heterocycles. The summed E-state index contributed by atoms with van der Waals surface area (Å²) in [6, 6.07) is 7.55. The first kappa shape index (κ1) is 33.0. The molecular weight excluding hydrogens is 599 g/mol. The lowest BCUT2D eigenvalue weighted by molar-refractivity contribution is -0.192. The summed E-state index contributed by atoms with van der Waals surface area (Å²) >= 11 is 0. The van der Waals surface area contributed by atoms with Gasteiger partial charge in [0.1, 0.15) is 11.0 Å². The molecule has 5 rings (SSSR count). The van der Waals surface area contributed by atoms with Crippen molar-refractivity contribution in [2.75, 3.05) is 24.2 Å². The second kappa shape index (κ2) is 14.7. The molecule has 0 unspecified atom stereocenters. The van der Waals surface area contributed by atoms with Gasteiger partial charge in [-0.25, -0.2) is 24.2 Å². The molecule has 14 nitrogen and oxygen atoms in total. The quantitative estimate of drug-likeness (QED) is 0.161. The van der Waals surface area contributed by atoms with Crippen LogP contribution in [0.2, 0.25) is 0 Å². The zero-order chi connectivity index (χ0) is 32.6. The Labute approximate surface area is 255 Å². The van der Waals surface area contributed by atoms with Crippen molar-refractivity contribution in [2.45, 2.75) is 64.2 Å². The van der Waals surface area contributed by atoms with Gasteiger partial charge < -0.3 is 36.5 Å². The number of nitrogens with two attached hydrogens (primary N) is 2. The number of aryl methyl sites for hydroxylation is 1. The maximum Gasteiger partial charge on any atom is 0.490 e. The summed E-state index contributed by atoms with van der Waals surface area (Å²) in [6.45, 7) is 3.52. The number of imidazole rings is 1. The monoisotopic (exact) mass is 633 g/mol. The van der Waals surface area contributed by atoms with Gasteiger partial charge in [-0.05, 0) is 55.2 Å².